The van der Waals surface area contributed by atoms with Gasteiger partial charge in [-0.25, -0.2) is 0 Å². The number of hydrogen-bond acceptors (Lipinski definition) is 0. The summed E-state index contributed by atoms with van der Waals surface area (Å²) in [5.41, 5.74) is 8.44. The van der Waals surface area contributed by atoms with E-state index in [1.54, 1.807) is 0 Å². The monoisotopic (exact) mass is 758 g/mol. The molecule has 0 bridgehead atoms. The van der Waals surface area contributed by atoms with E-state index in [0.717, 1.165) is 6.42 Å². The Morgan fingerprint density at radius 3 is 1.62 bits per heavy atom. The molecule has 0 N–H and O–H groups in total. The van der Waals surface area contributed by atoms with E-state index in [2.05, 4.69) is 99.8 Å². The minimum atomic E-state index is 0. The topological polar surface area (TPSA) is 4.93 Å². The second-order valence-electron chi connectivity index (χ2n) is 8.05. The number of nitrogens with zero attached hydrogens (tertiary/aromatic N) is 1. The fraction of sp³-hybridized carbons (Fsp3) is 0.429. The minimum absolute atomic E-state index is 0. The van der Waals surface area contributed by atoms with Crippen LogP contribution in [0.4, 0.5) is 0 Å². The predicted molar refractivity (Wildman–Crippen MR) is 172 cm³/mol. The van der Waals surface area contributed by atoms with Gasteiger partial charge in [-0.05, 0) is 35.2 Å². The van der Waals surface area contributed by atoms with E-state index in [1.165, 1.54) is 50.6 Å². The molecule has 39 heavy (non-hydrogen) atoms. The summed E-state index contributed by atoms with van der Waals surface area (Å²) in [6.07, 6.45) is 2.32. The second kappa shape index (κ2) is 26.4. The molecule has 213 valence electrons. The molecule has 4 heteroatoms. The van der Waals surface area contributed by atoms with E-state index < -0.39 is 0 Å². The maximum absolute atomic E-state index is 2.49. The van der Waals surface area contributed by atoms with Crippen LogP contribution in [0.3, 0.4) is 0 Å². The number of rotatable bonds is 1. The summed E-state index contributed by atoms with van der Waals surface area (Å²) in [4.78, 5) is 0. The maximum atomic E-state index is 2.49. The SMILES string of the molecule is C.CC.CC.CC.CCC.CCc1ccc2c3ccccc3n3c2c1C(C)(C)c1ccccc1-3.[CH3-].[CH3-].[Y].[Y].[Y]. The number of aryl methyl sites for hydroxylation is 1. The van der Waals surface area contributed by atoms with Crippen molar-refractivity contribution < 1.29 is 98.1 Å². The van der Waals surface area contributed by atoms with Crippen molar-refractivity contribution >= 4 is 21.8 Å². The van der Waals surface area contributed by atoms with Crippen LogP contribution in [0.25, 0.3) is 27.5 Å². The van der Waals surface area contributed by atoms with E-state index in [1.807, 2.05) is 41.5 Å². The average molecular weight is 759 g/mol. The summed E-state index contributed by atoms with van der Waals surface area (Å²) >= 11 is 0. The molecule has 0 saturated heterocycles. The van der Waals surface area contributed by atoms with Gasteiger partial charge >= 0.3 is 0 Å². The summed E-state index contributed by atoms with van der Waals surface area (Å²) in [6, 6.07) is 22.3. The molecule has 0 saturated carbocycles. The van der Waals surface area contributed by atoms with Crippen LogP contribution in [-0.2, 0) is 110 Å². The molecule has 4 aromatic rings. The molecule has 1 aromatic heterocycles. The zero-order valence-corrected chi connectivity index (χ0v) is 35.4. The van der Waals surface area contributed by atoms with Gasteiger partial charge in [-0.15, -0.1) is 0 Å². The molecule has 1 aliphatic rings. The standard InChI is InChI=1S/C23H21N.C3H8.3C2H6.CH4.2CH3.3Y/c1-4-15-13-14-17-16-9-5-7-11-19(16)24-20-12-8-6-10-18(20)23(2,3)21(15)22(17)24;1-3-2;3*1-2;;;;;;/h5-14H,4H2,1-3H3;3H2,1-2H3;3*1-2H3;1H4;2*1H3;;;/q;;;;;;2*-1;;;. The van der Waals surface area contributed by atoms with Gasteiger partial charge in [0.25, 0.3) is 0 Å². The molecule has 0 aliphatic carbocycles. The molecule has 0 atom stereocenters. The first-order valence-corrected chi connectivity index (χ1v) is 13.2. The van der Waals surface area contributed by atoms with Crippen LogP contribution >= 0.6 is 0 Å². The van der Waals surface area contributed by atoms with Crippen LogP contribution in [0.2, 0.25) is 0 Å². The van der Waals surface area contributed by atoms with Crippen molar-refractivity contribution in [2.24, 2.45) is 0 Å². The van der Waals surface area contributed by atoms with E-state index >= 15 is 0 Å². The Morgan fingerprint density at radius 1 is 0.641 bits per heavy atom. The Bertz CT molecular complexity index is 1140. The summed E-state index contributed by atoms with van der Waals surface area (Å²) in [7, 11) is 0. The summed E-state index contributed by atoms with van der Waals surface area (Å²) in [5.74, 6) is 0. The van der Waals surface area contributed by atoms with Gasteiger partial charge in [0, 0.05) is 114 Å². The molecule has 3 aromatic carbocycles. The Kier molecular flexibility index (Phi) is 35.5. The van der Waals surface area contributed by atoms with Crippen LogP contribution in [0.1, 0.15) is 107 Å². The Labute approximate surface area is 320 Å². The van der Waals surface area contributed by atoms with Crippen LogP contribution < -0.4 is 0 Å². The average Bonchev–Trinajstić information content (AvgIpc) is 3.21. The number of aromatic nitrogens is 1. The molecular formula is C35H57NY3-2. The Morgan fingerprint density at radius 2 is 1.10 bits per heavy atom. The number of fused-ring (bicyclic) bond motifs is 5. The predicted octanol–water partition coefficient (Wildman–Crippen LogP) is 12.0. The van der Waals surface area contributed by atoms with Gasteiger partial charge < -0.3 is 19.4 Å². The van der Waals surface area contributed by atoms with Crippen molar-refractivity contribution in [2.75, 3.05) is 0 Å². The number of hydrogen-bond donors (Lipinski definition) is 0. The first-order valence-electron chi connectivity index (χ1n) is 13.2. The van der Waals surface area contributed by atoms with E-state index in [0.29, 0.717) is 0 Å². The van der Waals surface area contributed by atoms with Gasteiger partial charge in [0.1, 0.15) is 0 Å². The Hall–Kier alpha value is 0.772. The van der Waals surface area contributed by atoms with Gasteiger partial charge in [-0.1, -0.05) is 139 Å². The van der Waals surface area contributed by atoms with Crippen LogP contribution in [-0.4, -0.2) is 4.57 Å². The third-order valence-corrected chi connectivity index (χ3v) is 5.75. The molecule has 5 rings (SSSR count). The minimum Gasteiger partial charge on any atom is -0.358 e. The molecule has 0 fully saturated rings. The number of benzene rings is 3. The zero-order valence-electron chi connectivity index (χ0n) is 26.9. The van der Waals surface area contributed by atoms with E-state index in [-0.39, 0.29) is 126 Å². The van der Waals surface area contributed by atoms with Crippen molar-refractivity contribution in [1.29, 1.82) is 0 Å². The quantitative estimate of drug-likeness (QED) is 0.170. The Balaban J connectivity index is -0.000000165. The van der Waals surface area contributed by atoms with Crippen molar-refractivity contribution in [3.05, 3.63) is 92.2 Å². The van der Waals surface area contributed by atoms with Crippen molar-refractivity contribution in [3.8, 4) is 5.69 Å². The van der Waals surface area contributed by atoms with Gasteiger partial charge in [-0.3, -0.25) is 0 Å². The smallest absolute Gasteiger partial charge is 0.0584 e. The van der Waals surface area contributed by atoms with Crippen molar-refractivity contribution in [1.82, 2.24) is 4.57 Å². The molecular weight excluding hydrogens is 701 g/mol. The van der Waals surface area contributed by atoms with Gasteiger partial charge in [0.15, 0.2) is 0 Å². The molecule has 0 unspecified atom stereocenters. The normalized spacial score (nSPS) is 10.1. The fourth-order valence-electron chi connectivity index (χ4n) is 4.67. The first kappa shape index (κ1) is 52.4. The van der Waals surface area contributed by atoms with Gasteiger partial charge in [0.05, 0.1) is 16.7 Å². The largest absolute Gasteiger partial charge is 0.358 e. The molecule has 1 aliphatic heterocycles. The second-order valence-corrected chi connectivity index (χ2v) is 8.05. The van der Waals surface area contributed by atoms with E-state index in [9.17, 15) is 0 Å². The van der Waals surface area contributed by atoms with Gasteiger partial charge in [0.2, 0.25) is 0 Å². The number of para-hydroxylation sites is 2. The van der Waals surface area contributed by atoms with Crippen molar-refractivity contribution in [3.63, 3.8) is 0 Å². The molecule has 0 amide bonds. The molecule has 2 heterocycles. The molecule has 3 radical (unpaired) electrons. The van der Waals surface area contributed by atoms with E-state index in [4.69, 9.17) is 0 Å². The molecule has 1 nitrogen and oxygen atoms in total. The first-order chi connectivity index (χ1) is 16.1. The molecule has 0 spiro atoms. The third-order valence-electron chi connectivity index (χ3n) is 5.75. The zero-order chi connectivity index (χ0) is 25.2. The van der Waals surface area contributed by atoms with Crippen LogP contribution in [0.5, 0.6) is 0 Å². The fourth-order valence-corrected chi connectivity index (χ4v) is 4.67. The van der Waals surface area contributed by atoms with Crippen molar-refractivity contribution in [2.45, 2.75) is 102 Å². The third kappa shape index (κ3) is 10.8. The summed E-state index contributed by atoms with van der Waals surface area (Å²) < 4.78 is 2.49. The summed E-state index contributed by atoms with van der Waals surface area (Å²) in [6.45, 7) is 23.3. The summed E-state index contributed by atoms with van der Waals surface area (Å²) in [5, 5.41) is 2.73. The van der Waals surface area contributed by atoms with Crippen LogP contribution in [0.15, 0.2) is 60.7 Å². The maximum Gasteiger partial charge on any atom is 0.0584 e. The van der Waals surface area contributed by atoms with Gasteiger partial charge in [-0.2, -0.15) is 0 Å². The van der Waals surface area contributed by atoms with Crippen LogP contribution in [0, 0.1) is 14.9 Å².